The summed E-state index contributed by atoms with van der Waals surface area (Å²) in [4.78, 5) is 5.77. The van der Waals surface area contributed by atoms with Crippen LogP contribution in [0, 0.1) is 28.5 Å². The molecule has 0 bridgehead atoms. The Hall–Kier alpha value is -5.63. The van der Waals surface area contributed by atoms with E-state index in [1.807, 2.05) is 12.1 Å². The summed E-state index contributed by atoms with van der Waals surface area (Å²) in [5, 5.41) is 41.1. The number of aromatic amines is 2. The zero-order valence-electron chi connectivity index (χ0n) is 31.6. The quantitative estimate of drug-likeness (QED) is 0.103. The molecule has 57 heavy (non-hydrogen) atoms. The number of hydrogen-bond donors (Lipinski definition) is 4. The number of rotatable bonds is 10. The molecule has 4 aromatic carbocycles. The Morgan fingerprint density at radius 2 is 1.18 bits per heavy atom. The summed E-state index contributed by atoms with van der Waals surface area (Å²) in [7, 11) is 0. The van der Waals surface area contributed by atoms with Gasteiger partial charge in [-0.15, -0.1) is 0 Å². The molecule has 0 fully saturated rings. The van der Waals surface area contributed by atoms with E-state index < -0.39 is 65.9 Å². The van der Waals surface area contributed by atoms with Crippen LogP contribution >= 0.6 is 0 Å². The number of nitriles is 2. The van der Waals surface area contributed by atoms with Crippen molar-refractivity contribution >= 4 is 21.8 Å². The van der Waals surface area contributed by atoms with Crippen molar-refractivity contribution in [1.82, 2.24) is 9.97 Å². The van der Waals surface area contributed by atoms with Crippen LogP contribution < -0.4 is 0 Å². The topological polar surface area (TPSA) is 120 Å². The van der Waals surface area contributed by atoms with Gasteiger partial charge in [-0.05, 0) is 77.3 Å². The highest BCUT2D eigenvalue weighted by atomic mass is 19.4. The molecule has 0 saturated heterocycles. The van der Waals surface area contributed by atoms with Gasteiger partial charge in [-0.3, -0.25) is 0 Å². The Morgan fingerprint density at radius 3 is 1.77 bits per heavy atom. The third kappa shape index (κ3) is 9.33. The predicted octanol–water partition coefficient (Wildman–Crippen LogP) is 10.6. The number of para-hydroxylation sites is 1. The number of nitrogens with zero attached hydrogens (tertiary/aromatic N) is 2. The van der Waals surface area contributed by atoms with Gasteiger partial charge < -0.3 is 20.2 Å². The summed E-state index contributed by atoms with van der Waals surface area (Å²) in [6.07, 6.45) is -12.3. The zero-order chi connectivity index (χ0) is 42.0. The minimum absolute atomic E-state index is 0.0172. The SMILES string of the molecule is CC(C)(CC(O)(Cc1[nH]c2ccccc2c1C#N)C(F)(F)F)c1cccc(F)c1.CC(C)(CC(O)(Cc1cc2cc(C#N)ccc2[nH]1)C(F)(F)F)c1ccccc1. The van der Waals surface area contributed by atoms with Crippen LogP contribution in [0.25, 0.3) is 21.8 Å². The first kappa shape index (κ1) is 42.5. The Balaban J connectivity index is 0.000000218. The number of benzene rings is 4. The lowest BCUT2D eigenvalue weighted by atomic mass is 9.73. The smallest absolute Gasteiger partial charge is 0.380 e. The molecule has 0 aliphatic rings. The summed E-state index contributed by atoms with van der Waals surface area (Å²) in [6, 6.07) is 31.2. The highest BCUT2D eigenvalue weighted by Crippen LogP contribution is 2.45. The molecule has 0 amide bonds. The molecule has 0 spiro atoms. The standard InChI is InChI=1S/C22H20F4N2O.C22H21F3N2O/c1-20(2,14-6-5-7-15(23)10-14)13-21(29,22(24,25)26)11-19-17(12-27)16-8-3-4-9-18(16)28-19;1-20(2,17-6-4-3-5-7-17)14-21(28,22(23,24)25)12-18-11-16-10-15(13-26)8-9-19(16)27-18/h3-10,28-29H,11,13H2,1-2H3;3-11,27-28H,12,14H2,1-2H3. The molecular formula is C44H41F7N4O2. The Kier molecular flexibility index (Phi) is 11.7. The fraction of sp³-hybridized carbons (Fsp3) is 0.318. The van der Waals surface area contributed by atoms with Crippen LogP contribution in [0.4, 0.5) is 30.7 Å². The first-order valence-electron chi connectivity index (χ1n) is 17.9. The van der Waals surface area contributed by atoms with Gasteiger partial charge in [0, 0.05) is 46.0 Å². The second kappa shape index (κ2) is 15.7. The van der Waals surface area contributed by atoms with Crippen LogP contribution in [0.3, 0.4) is 0 Å². The summed E-state index contributed by atoms with van der Waals surface area (Å²) in [6.45, 7) is 6.44. The number of halogens is 7. The monoisotopic (exact) mass is 790 g/mol. The van der Waals surface area contributed by atoms with Gasteiger partial charge in [0.1, 0.15) is 11.9 Å². The third-order valence-corrected chi connectivity index (χ3v) is 10.3. The maximum atomic E-state index is 14.0. The average Bonchev–Trinajstić information content (AvgIpc) is 3.69. The molecule has 6 nitrogen and oxygen atoms in total. The second-order valence-electron chi connectivity index (χ2n) is 15.8. The molecule has 0 aliphatic heterocycles. The fourth-order valence-corrected chi connectivity index (χ4v) is 7.41. The average molecular weight is 791 g/mol. The molecule has 298 valence electrons. The molecule has 0 saturated carbocycles. The number of aromatic nitrogens is 2. The molecule has 2 heterocycles. The Morgan fingerprint density at radius 1 is 0.596 bits per heavy atom. The predicted molar refractivity (Wildman–Crippen MR) is 204 cm³/mol. The molecule has 2 unspecified atom stereocenters. The number of hydrogen-bond acceptors (Lipinski definition) is 4. The van der Waals surface area contributed by atoms with E-state index in [-0.39, 0.29) is 17.0 Å². The van der Waals surface area contributed by atoms with Gasteiger partial charge in [0.05, 0.1) is 17.2 Å². The van der Waals surface area contributed by atoms with Gasteiger partial charge in [-0.25, -0.2) is 4.39 Å². The van der Waals surface area contributed by atoms with Crippen LogP contribution in [0.2, 0.25) is 0 Å². The molecule has 0 aliphatic carbocycles. The van der Waals surface area contributed by atoms with Crippen molar-refractivity contribution in [3.63, 3.8) is 0 Å². The first-order chi connectivity index (χ1) is 26.5. The molecule has 6 aromatic rings. The maximum Gasteiger partial charge on any atom is 0.417 e. The second-order valence-corrected chi connectivity index (χ2v) is 15.8. The summed E-state index contributed by atoms with van der Waals surface area (Å²) < 4.78 is 97.3. The number of nitrogens with one attached hydrogen (secondary N) is 2. The van der Waals surface area contributed by atoms with Crippen LogP contribution in [0.1, 0.15) is 74.2 Å². The molecule has 2 aromatic heterocycles. The highest BCUT2D eigenvalue weighted by Gasteiger charge is 2.57. The van der Waals surface area contributed by atoms with Crippen molar-refractivity contribution in [2.24, 2.45) is 0 Å². The summed E-state index contributed by atoms with van der Waals surface area (Å²) in [5.74, 6) is -0.562. The molecule has 2 atom stereocenters. The van der Waals surface area contributed by atoms with Crippen molar-refractivity contribution in [2.75, 3.05) is 0 Å². The van der Waals surface area contributed by atoms with Gasteiger partial charge in [-0.1, -0.05) is 88.4 Å². The van der Waals surface area contributed by atoms with E-state index in [2.05, 4.69) is 9.97 Å². The lowest BCUT2D eigenvalue weighted by molar-refractivity contribution is -0.266. The summed E-state index contributed by atoms with van der Waals surface area (Å²) >= 11 is 0. The van der Waals surface area contributed by atoms with Crippen LogP contribution in [0.5, 0.6) is 0 Å². The lowest BCUT2D eigenvalue weighted by Crippen LogP contribution is -2.51. The van der Waals surface area contributed by atoms with Crippen LogP contribution in [-0.4, -0.2) is 43.7 Å². The number of alkyl halides is 6. The molecule has 13 heteroatoms. The van der Waals surface area contributed by atoms with Gasteiger partial charge in [0.15, 0.2) is 11.2 Å². The lowest BCUT2D eigenvalue weighted by Gasteiger charge is -2.38. The van der Waals surface area contributed by atoms with Crippen molar-refractivity contribution in [3.8, 4) is 12.1 Å². The van der Waals surface area contributed by atoms with E-state index in [1.165, 1.54) is 38.1 Å². The minimum atomic E-state index is -4.96. The van der Waals surface area contributed by atoms with E-state index in [0.29, 0.717) is 32.9 Å². The van der Waals surface area contributed by atoms with Crippen LogP contribution in [-0.2, 0) is 23.7 Å². The highest BCUT2D eigenvalue weighted by molar-refractivity contribution is 5.87. The van der Waals surface area contributed by atoms with E-state index in [0.717, 1.165) is 5.56 Å². The van der Waals surface area contributed by atoms with Crippen LogP contribution in [0.15, 0.2) is 103 Å². The zero-order valence-corrected chi connectivity index (χ0v) is 31.6. The van der Waals surface area contributed by atoms with Gasteiger partial charge in [0.25, 0.3) is 0 Å². The van der Waals surface area contributed by atoms with Gasteiger partial charge in [-0.2, -0.15) is 36.9 Å². The normalized spacial score (nSPS) is 14.6. The van der Waals surface area contributed by atoms with Crippen molar-refractivity contribution < 1.29 is 40.9 Å². The first-order valence-corrected chi connectivity index (χ1v) is 17.9. The fourth-order valence-electron chi connectivity index (χ4n) is 7.41. The van der Waals surface area contributed by atoms with Crippen molar-refractivity contribution in [2.45, 2.75) is 87.8 Å². The minimum Gasteiger partial charge on any atom is -0.380 e. The number of aliphatic hydroxyl groups is 2. The molecule has 0 radical (unpaired) electrons. The van der Waals surface area contributed by atoms with Gasteiger partial charge in [0.2, 0.25) is 0 Å². The third-order valence-electron chi connectivity index (χ3n) is 10.3. The molecule has 6 rings (SSSR count). The van der Waals surface area contributed by atoms with E-state index >= 15 is 0 Å². The van der Waals surface area contributed by atoms with Crippen molar-refractivity contribution in [3.05, 3.63) is 143 Å². The number of H-pyrrole nitrogens is 2. The Bertz CT molecular complexity index is 2440. The molecular weight excluding hydrogens is 749 g/mol. The maximum absolute atomic E-state index is 14.0. The van der Waals surface area contributed by atoms with E-state index in [4.69, 9.17) is 5.26 Å². The van der Waals surface area contributed by atoms with Crippen molar-refractivity contribution in [1.29, 1.82) is 10.5 Å². The number of fused-ring (bicyclic) bond motifs is 2. The Labute approximate surface area is 325 Å². The molecule has 4 N–H and O–H groups in total. The summed E-state index contributed by atoms with van der Waals surface area (Å²) in [5.41, 5.74) is -5.06. The van der Waals surface area contributed by atoms with E-state index in [1.54, 1.807) is 92.7 Å². The van der Waals surface area contributed by atoms with E-state index in [9.17, 15) is 46.2 Å². The van der Waals surface area contributed by atoms with Gasteiger partial charge >= 0.3 is 12.4 Å². The largest absolute Gasteiger partial charge is 0.417 e.